The molecule has 0 bridgehead atoms. The maximum atomic E-state index is 13.6. The fraction of sp³-hybridized carbons (Fsp3) is 0.188. The summed E-state index contributed by atoms with van der Waals surface area (Å²) >= 11 is 0. The van der Waals surface area contributed by atoms with Crippen molar-refractivity contribution < 1.29 is 27.1 Å². The Morgan fingerprint density at radius 2 is 1.76 bits per heavy atom. The van der Waals surface area contributed by atoms with Crippen LogP contribution in [0.5, 0.6) is 0 Å². The Morgan fingerprint density at radius 3 is 2.36 bits per heavy atom. The van der Waals surface area contributed by atoms with E-state index in [0.29, 0.717) is 11.6 Å². The van der Waals surface area contributed by atoms with E-state index in [0.717, 1.165) is 12.1 Å². The number of amides is 1. The minimum atomic E-state index is -4.21. The standard InChI is InChI=1S/C16H16F2N2O4S/c17-12-3-6-15(14(18)10-12)25(23,24)20-13-4-1-11(2-5-13)9-16(22)19-7-8-21/h1-6,10,20-21H,7-9H2,(H,19,22). The van der Waals surface area contributed by atoms with Gasteiger partial charge in [0.05, 0.1) is 13.0 Å². The summed E-state index contributed by atoms with van der Waals surface area (Å²) in [5.41, 5.74) is 0.801. The zero-order valence-corrected chi connectivity index (χ0v) is 13.8. The van der Waals surface area contributed by atoms with Gasteiger partial charge < -0.3 is 10.4 Å². The maximum absolute atomic E-state index is 13.6. The molecule has 0 spiro atoms. The molecule has 134 valence electrons. The van der Waals surface area contributed by atoms with Gasteiger partial charge in [0, 0.05) is 18.3 Å². The van der Waals surface area contributed by atoms with Gasteiger partial charge in [-0.25, -0.2) is 17.2 Å². The fourth-order valence-corrected chi connectivity index (χ4v) is 3.16. The van der Waals surface area contributed by atoms with Gasteiger partial charge in [0.15, 0.2) is 0 Å². The van der Waals surface area contributed by atoms with E-state index in [4.69, 9.17) is 5.11 Å². The SMILES string of the molecule is O=C(Cc1ccc(NS(=O)(=O)c2ccc(F)cc2F)cc1)NCCO. The molecule has 2 aromatic rings. The maximum Gasteiger partial charge on any atom is 0.264 e. The van der Waals surface area contributed by atoms with Gasteiger partial charge >= 0.3 is 0 Å². The summed E-state index contributed by atoms with van der Waals surface area (Å²) in [5.74, 6) is -2.35. The number of halogens is 2. The highest BCUT2D eigenvalue weighted by atomic mass is 32.2. The van der Waals surface area contributed by atoms with E-state index in [-0.39, 0.29) is 31.2 Å². The molecule has 0 heterocycles. The Bertz CT molecular complexity index is 855. The predicted octanol–water partition coefficient (Wildman–Crippen LogP) is 1.42. The van der Waals surface area contributed by atoms with Crippen LogP contribution in [0.2, 0.25) is 0 Å². The Labute approximate surface area is 143 Å². The second kappa shape index (κ2) is 8.04. The van der Waals surface area contributed by atoms with Crippen molar-refractivity contribution in [1.29, 1.82) is 0 Å². The van der Waals surface area contributed by atoms with Gasteiger partial charge in [0.1, 0.15) is 16.5 Å². The number of rotatable bonds is 7. The third-order valence-corrected chi connectivity index (χ3v) is 4.60. The van der Waals surface area contributed by atoms with E-state index >= 15 is 0 Å². The van der Waals surface area contributed by atoms with Crippen molar-refractivity contribution in [1.82, 2.24) is 5.32 Å². The summed E-state index contributed by atoms with van der Waals surface area (Å²) in [6, 6.07) is 8.11. The van der Waals surface area contributed by atoms with Crippen LogP contribution in [-0.4, -0.2) is 32.6 Å². The van der Waals surface area contributed by atoms with Crippen LogP contribution in [0, 0.1) is 11.6 Å². The number of aliphatic hydroxyl groups is 1. The third-order valence-electron chi connectivity index (χ3n) is 3.19. The highest BCUT2D eigenvalue weighted by Crippen LogP contribution is 2.20. The van der Waals surface area contributed by atoms with Gasteiger partial charge in [-0.05, 0) is 29.8 Å². The Morgan fingerprint density at radius 1 is 1.08 bits per heavy atom. The number of anilines is 1. The van der Waals surface area contributed by atoms with E-state index in [1.54, 1.807) is 0 Å². The molecule has 2 aromatic carbocycles. The zero-order valence-electron chi connectivity index (χ0n) is 13.0. The first-order valence-corrected chi connectivity index (χ1v) is 8.74. The Hall–Kier alpha value is -2.52. The number of hydrogen-bond donors (Lipinski definition) is 3. The van der Waals surface area contributed by atoms with Crippen molar-refractivity contribution in [3.8, 4) is 0 Å². The largest absolute Gasteiger partial charge is 0.395 e. The number of carbonyl (C=O) groups is 1. The lowest BCUT2D eigenvalue weighted by Gasteiger charge is -2.10. The monoisotopic (exact) mass is 370 g/mol. The van der Waals surface area contributed by atoms with Crippen molar-refractivity contribution in [2.24, 2.45) is 0 Å². The molecule has 6 nitrogen and oxygen atoms in total. The molecule has 0 saturated heterocycles. The van der Waals surface area contributed by atoms with E-state index < -0.39 is 26.6 Å². The van der Waals surface area contributed by atoms with Crippen LogP contribution in [0.1, 0.15) is 5.56 Å². The molecule has 2 rings (SSSR count). The van der Waals surface area contributed by atoms with E-state index in [2.05, 4.69) is 10.0 Å². The molecule has 0 aliphatic rings. The van der Waals surface area contributed by atoms with E-state index in [1.807, 2.05) is 0 Å². The number of aliphatic hydroxyl groups excluding tert-OH is 1. The Kier molecular flexibility index (Phi) is 6.05. The molecule has 1 amide bonds. The quantitative estimate of drug-likeness (QED) is 0.687. The van der Waals surface area contributed by atoms with Crippen LogP contribution < -0.4 is 10.0 Å². The molecule has 0 radical (unpaired) electrons. The molecule has 0 aromatic heterocycles. The summed E-state index contributed by atoms with van der Waals surface area (Å²) in [6.45, 7) is -0.00759. The lowest BCUT2D eigenvalue weighted by atomic mass is 10.1. The number of carbonyl (C=O) groups excluding carboxylic acids is 1. The van der Waals surface area contributed by atoms with E-state index in [1.165, 1.54) is 24.3 Å². The van der Waals surface area contributed by atoms with Gasteiger partial charge in [0.25, 0.3) is 10.0 Å². The topological polar surface area (TPSA) is 95.5 Å². The molecular formula is C16H16F2N2O4S. The predicted molar refractivity (Wildman–Crippen MR) is 87.4 cm³/mol. The van der Waals surface area contributed by atoms with Crippen LogP contribution >= 0.6 is 0 Å². The van der Waals surface area contributed by atoms with Crippen LogP contribution in [0.3, 0.4) is 0 Å². The van der Waals surface area contributed by atoms with Crippen LogP contribution in [0.4, 0.5) is 14.5 Å². The highest BCUT2D eigenvalue weighted by molar-refractivity contribution is 7.92. The number of benzene rings is 2. The van der Waals surface area contributed by atoms with Crippen LogP contribution in [0.25, 0.3) is 0 Å². The molecule has 9 heteroatoms. The van der Waals surface area contributed by atoms with Crippen molar-refractivity contribution in [3.05, 3.63) is 59.7 Å². The van der Waals surface area contributed by atoms with E-state index in [9.17, 15) is 22.0 Å². The van der Waals surface area contributed by atoms with Gasteiger partial charge in [-0.15, -0.1) is 0 Å². The normalized spacial score (nSPS) is 11.2. The molecule has 0 aliphatic carbocycles. The third kappa shape index (κ3) is 5.23. The first-order chi connectivity index (χ1) is 11.8. The van der Waals surface area contributed by atoms with Crippen molar-refractivity contribution in [2.45, 2.75) is 11.3 Å². The van der Waals surface area contributed by atoms with Crippen molar-refractivity contribution in [2.75, 3.05) is 17.9 Å². The van der Waals surface area contributed by atoms with Gasteiger partial charge in [0.2, 0.25) is 5.91 Å². The zero-order chi connectivity index (χ0) is 18.4. The van der Waals surface area contributed by atoms with Crippen molar-refractivity contribution >= 4 is 21.6 Å². The summed E-state index contributed by atoms with van der Waals surface area (Å²) in [7, 11) is -4.21. The lowest BCUT2D eigenvalue weighted by molar-refractivity contribution is -0.120. The summed E-state index contributed by atoms with van der Waals surface area (Å²) < 4.78 is 53.0. The second-order valence-electron chi connectivity index (χ2n) is 5.13. The highest BCUT2D eigenvalue weighted by Gasteiger charge is 2.19. The molecular weight excluding hydrogens is 354 g/mol. The summed E-state index contributed by atoms with van der Waals surface area (Å²) in [5, 5.41) is 11.1. The van der Waals surface area contributed by atoms with Crippen LogP contribution in [-0.2, 0) is 21.2 Å². The molecule has 25 heavy (non-hydrogen) atoms. The average Bonchev–Trinajstić information content (AvgIpc) is 2.54. The minimum Gasteiger partial charge on any atom is -0.395 e. The lowest BCUT2D eigenvalue weighted by Crippen LogP contribution is -2.27. The first kappa shape index (κ1) is 18.8. The smallest absolute Gasteiger partial charge is 0.264 e. The van der Waals surface area contributed by atoms with Gasteiger partial charge in [-0.1, -0.05) is 12.1 Å². The number of sulfonamides is 1. The molecule has 0 fully saturated rings. The first-order valence-electron chi connectivity index (χ1n) is 7.26. The number of hydrogen-bond acceptors (Lipinski definition) is 4. The summed E-state index contributed by atoms with van der Waals surface area (Å²) in [4.78, 5) is 10.9. The molecule has 3 N–H and O–H groups in total. The molecule has 0 unspecified atom stereocenters. The van der Waals surface area contributed by atoms with Crippen LogP contribution in [0.15, 0.2) is 47.4 Å². The number of nitrogens with one attached hydrogen (secondary N) is 2. The second-order valence-corrected chi connectivity index (χ2v) is 6.78. The Balaban J connectivity index is 2.08. The molecule has 0 saturated carbocycles. The molecule has 0 atom stereocenters. The summed E-state index contributed by atoms with van der Waals surface area (Å²) in [6.07, 6.45) is 0.0691. The average molecular weight is 370 g/mol. The van der Waals surface area contributed by atoms with Crippen molar-refractivity contribution in [3.63, 3.8) is 0 Å². The molecule has 0 aliphatic heterocycles. The minimum absolute atomic E-state index is 0.0691. The fourth-order valence-electron chi connectivity index (χ4n) is 2.04. The van der Waals surface area contributed by atoms with Gasteiger partial charge in [-0.3, -0.25) is 9.52 Å². The van der Waals surface area contributed by atoms with Gasteiger partial charge in [-0.2, -0.15) is 0 Å².